The molecule has 0 spiro atoms. The van der Waals surface area contributed by atoms with Crippen LogP contribution in [0.5, 0.6) is 0 Å². The first kappa shape index (κ1) is 20.1. The molecule has 5 atom stereocenters. The van der Waals surface area contributed by atoms with Crippen LogP contribution in [0, 0.1) is 6.92 Å². The maximum Gasteiger partial charge on any atom is 0.291 e. The van der Waals surface area contributed by atoms with E-state index >= 15 is 0 Å². The van der Waals surface area contributed by atoms with Crippen LogP contribution in [0.1, 0.15) is 67.3 Å². The Hall–Kier alpha value is -2.18. The molecule has 6 heteroatoms. The first-order valence-corrected chi connectivity index (χ1v) is 10.3. The highest BCUT2D eigenvalue weighted by molar-refractivity contribution is 5.92. The molecule has 2 aromatic rings. The van der Waals surface area contributed by atoms with Gasteiger partial charge >= 0.3 is 0 Å². The fourth-order valence-corrected chi connectivity index (χ4v) is 5.27. The van der Waals surface area contributed by atoms with E-state index in [1.54, 1.807) is 18.9 Å². The Balaban J connectivity index is 1.63. The summed E-state index contributed by atoms with van der Waals surface area (Å²) >= 11 is 0. The van der Waals surface area contributed by atoms with Crippen LogP contribution in [0.3, 0.4) is 0 Å². The molecule has 2 saturated heterocycles. The number of oxazole rings is 1. The summed E-state index contributed by atoms with van der Waals surface area (Å²) in [6, 6.07) is 10.1. The van der Waals surface area contributed by atoms with Crippen LogP contribution in [0.4, 0.5) is 0 Å². The van der Waals surface area contributed by atoms with Crippen molar-refractivity contribution < 1.29 is 19.1 Å². The monoisotopic (exact) mass is 398 g/mol. The van der Waals surface area contributed by atoms with Gasteiger partial charge in [-0.1, -0.05) is 30.3 Å². The second kappa shape index (κ2) is 7.26. The third kappa shape index (κ3) is 3.60. The smallest absolute Gasteiger partial charge is 0.291 e. The van der Waals surface area contributed by atoms with Crippen LogP contribution in [0.25, 0.3) is 0 Å². The number of hydrogen-bond acceptors (Lipinski definition) is 5. The summed E-state index contributed by atoms with van der Waals surface area (Å²) in [5.74, 6) is 0.283. The molecule has 1 N–H and O–H groups in total. The van der Waals surface area contributed by atoms with Crippen LogP contribution in [-0.4, -0.2) is 51.3 Å². The minimum Gasteiger partial charge on any atom is -0.438 e. The number of ether oxygens (including phenoxy) is 1. The first-order chi connectivity index (χ1) is 13.7. The largest absolute Gasteiger partial charge is 0.438 e. The molecular weight excluding hydrogens is 368 g/mol. The molecule has 2 aliphatic rings. The van der Waals surface area contributed by atoms with Gasteiger partial charge in [0, 0.05) is 7.05 Å². The van der Waals surface area contributed by atoms with Gasteiger partial charge in [-0.15, -0.1) is 0 Å². The Morgan fingerprint density at radius 3 is 2.62 bits per heavy atom. The third-order valence-electron chi connectivity index (χ3n) is 6.80. The summed E-state index contributed by atoms with van der Waals surface area (Å²) in [6.07, 6.45) is 3.56. The molecule has 3 heterocycles. The van der Waals surface area contributed by atoms with Crippen LogP contribution < -0.4 is 0 Å². The van der Waals surface area contributed by atoms with E-state index in [0.717, 1.165) is 12.8 Å². The van der Waals surface area contributed by atoms with Crippen LogP contribution in [0.15, 0.2) is 41.1 Å². The van der Waals surface area contributed by atoms with Crippen molar-refractivity contribution in [1.82, 2.24) is 9.88 Å². The van der Waals surface area contributed by atoms with Crippen molar-refractivity contribution in [2.75, 3.05) is 7.05 Å². The first-order valence-electron chi connectivity index (χ1n) is 10.3. The molecule has 0 saturated carbocycles. The van der Waals surface area contributed by atoms with Gasteiger partial charge in [-0.2, -0.15) is 0 Å². The van der Waals surface area contributed by atoms with Gasteiger partial charge in [-0.05, 0) is 57.9 Å². The number of amides is 1. The summed E-state index contributed by atoms with van der Waals surface area (Å²) in [6.45, 7) is 5.87. The molecule has 0 unspecified atom stereocenters. The van der Waals surface area contributed by atoms with E-state index in [4.69, 9.17) is 9.15 Å². The summed E-state index contributed by atoms with van der Waals surface area (Å²) < 4.78 is 11.8. The number of aliphatic hydroxyl groups is 1. The van der Waals surface area contributed by atoms with Gasteiger partial charge in [0.15, 0.2) is 6.39 Å². The van der Waals surface area contributed by atoms with E-state index in [-0.39, 0.29) is 23.3 Å². The number of aryl methyl sites for hydroxylation is 1. The van der Waals surface area contributed by atoms with E-state index < -0.39 is 11.7 Å². The van der Waals surface area contributed by atoms with Crippen molar-refractivity contribution in [2.45, 2.75) is 75.7 Å². The SMILES string of the molecule is Cc1ncoc1C(=O)N(C)[C@H]1CC[C@@]2(C)C[C@H](c3ccccc3)C[C@](C)(O2)[C@@H]1O. The van der Waals surface area contributed by atoms with Crippen molar-refractivity contribution >= 4 is 5.91 Å². The molecule has 1 amide bonds. The molecule has 0 radical (unpaired) electrons. The van der Waals surface area contributed by atoms with Gasteiger partial charge in [-0.3, -0.25) is 4.79 Å². The molecule has 2 bridgehead atoms. The average molecular weight is 399 g/mol. The number of carbonyl (C=O) groups excluding carboxylic acids is 1. The van der Waals surface area contributed by atoms with Gasteiger partial charge in [-0.25, -0.2) is 4.98 Å². The number of hydrogen-bond donors (Lipinski definition) is 1. The van der Waals surface area contributed by atoms with Crippen molar-refractivity contribution in [3.8, 4) is 0 Å². The Morgan fingerprint density at radius 1 is 1.24 bits per heavy atom. The van der Waals surface area contributed by atoms with Gasteiger partial charge < -0.3 is 19.2 Å². The lowest BCUT2D eigenvalue weighted by molar-refractivity contribution is -0.214. The number of likely N-dealkylation sites (N-methyl/N-ethyl adjacent to an activating group) is 1. The van der Waals surface area contributed by atoms with Crippen LogP contribution >= 0.6 is 0 Å². The normalized spacial score (nSPS) is 34.4. The summed E-state index contributed by atoms with van der Waals surface area (Å²) in [7, 11) is 1.73. The summed E-state index contributed by atoms with van der Waals surface area (Å²) in [5, 5.41) is 11.4. The highest BCUT2D eigenvalue weighted by Crippen LogP contribution is 2.50. The Morgan fingerprint density at radius 2 is 1.97 bits per heavy atom. The molecular formula is C23H30N2O4. The lowest BCUT2D eigenvalue weighted by atomic mass is 9.74. The molecule has 1 aromatic heterocycles. The average Bonchev–Trinajstić information content (AvgIpc) is 3.10. The van der Waals surface area contributed by atoms with Gasteiger partial charge in [0.1, 0.15) is 6.10 Å². The second-order valence-electron chi connectivity index (χ2n) is 9.11. The molecule has 6 nitrogen and oxygen atoms in total. The highest BCUT2D eigenvalue weighted by atomic mass is 16.5. The molecule has 2 fully saturated rings. The highest BCUT2D eigenvalue weighted by Gasteiger charge is 2.54. The zero-order valence-corrected chi connectivity index (χ0v) is 17.6. The maximum absolute atomic E-state index is 13.0. The van der Waals surface area contributed by atoms with Crippen LogP contribution in [0.2, 0.25) is 0 Å². The van der Waals surface area contributed by atoms with Gasteiger partial charge in [0.05, 0.1) is 22.9 Å². The zero-order valence-electron chi connectivity index (χ0n) is 17.6. The fourth-order valence-electron chi connectivity index (χ4n) is 5.27. The number of nitrogens with zero attached hydrogens (tertiary/aromatic N) is 2. The van der Waals surface area contributed by atoms with Crippen molar-refractivity contribution in [2.24, 2.45) is 0 Å². The van der Waals surface area contributed by atoms with Gasteiger partial charge in [0.25, 0.3) is 5.91 Å². The Kier molecular flexibility index (Phi) is 5.03. The lowest BCUT2D eigenvalue weighted by Gasteiger charge is -2.49. The minimum absolute atomic E-state index is 0.228. The molecule has 0 aliphatic carbocycles. The number of rotatable bonds is 3. The number of benzene rings is 1. The van der Waals surface area contributed by atoms with Crippen molar-refractivity contribution in [1.29, 1.82) is 0 Å². The predicted molar refractivity (Wildman–Crippen MR) is 109 cm³/mol. The van der Waals surface area contributed by atoms with E-state index in [1.807, 2.05) is 13.0 Å². The maximum atomic E-state index is 13.0. The standard InChI is InChI=1S/C23H30N2O4/c1-15-19(28-14-24-15)21(27)25(4)18-10-11-22(2)12-17(16-8-6-5-7-9-16)13-23(3,29-22)20(18)26/h5-9,14,17-18,20,26H,10-13H2,1-4H3/t17-,18-,20+,22-,23-/m0/s1. The predicted octanol–water partition coefficient (Wildman–Crippen LogP) is 3.69. The molecule has 156 valence electrons. The minimum atomic E-state index is -0.798. The zero-order chi connectivity index (χ0) is 20.8. The summed E-state index contributed by atoms with van der Waals surface area (Å²) in [4.78, 5) is 18.6. The Bertz CT molecular complexity index is 882. The van der Waals surface area contributed by atoms with E-state index in [9.17, 15) is 9.90 Å². The second-order valence-corrected chi connectivity index (χ2v) is 9.11. The van der Waals surface area contributed by atoms with E-state index in [0.29, 0.717) is 24.5 Å². The number of aliphatic hydroxyl groups excluding tert-OH is 1. The van der Waals surface area contributed by atoms with Gasteiger partial charge in [0.2, 0.25) is 5.76 Å². The number of aromatic nitrogens is 1. The number of fused-ring (bicyclic) bond motifs is 2. The molecule has 2 aliphatic heterocycles. The quantitative estimate of drug-likeness (QED) is 0.853. The summed E-state index contributed by atoms with van der Waals surface area (Å²) in [5.41, 5.74) is 0.762. The molecule has 29 heavy (non-hydrogen) atoms. The molecule has 4 rings (SSSR count). The van der Waals surface area contributed by atoms with Crippen molar-refractivity contribution in [3.63, 3.8) is 0 Å². The number of carbonyl (C=O) groups is 1. The topological polar surface area (TPSA) is 75.8 Å². The van der Waals surface area contributed by atoms with Crippen molar-refractivity contribution in [3.05, 3.63) is 53.7 Å². The molecule has 1 aromatic carbocycles. The third-order valence-corrected chi connectivity index (χ3v) is 6.80. The Labute approximate surface area is 171 Å². The van der Waals surface area contributed by atoms with E-state index in [2.05, 4.69) is 36.2 Å². The fraction of sp³-hybridized carbons (Fsp3) is 0.565. The van der Waals surface area contributed by atoms with Crippen LogP contribution in [-0.2, 0) is 4.74 Å². The lowest BCUT2D eigenvalue weighted by Crippen LogP contribution is -2.57. The van der Waals surface area contributed by atoms with E-state index in [1.165, 1.54) is 12.0 Å².